The van der Waals surface area contributed by atoms with Gasteiger partial charge in [-0.3, -0.25) is 0 Å². The summed E-state index contributed by atoms with van der Waals surface area (Å²) >= 11 is 0. The second-order valence-electron chi connectivity index (χ2n) is 0.991. The third-order valence-corrected chi connectivity index (χ3v) is 0.525. The molecule has 0 rings (SSSR count). The van der Waals surface area contributed by atoms with Crippen molar-refractivity contribution in [2.75, 3.05) is 6.56 Å². The highest BCUT2D eigenvalue weighted by molar-refractivity contribution is 4.51. The highest BCUT2D eigenvalue weighted by atomic mass is 16.3. The van der Waals surface area contributed by atoms with Crippen LogP contribution in [-0.4, -0.2) is 17.7 Å². The Bertz CT molecular complexity index is 98.5. The van der Waals surface area contributed by atoms with Crippen molar-refractivity contribution < 1.29 is 9.22 Å². The van der Waals surface area contributed by atoms with Gasteiger partial charge < -0.3 is 10.8 Å². The molecule has 0 fully saturated rings. The minimum absolute atomic E-state index is 0.0799. The van der Waals surface area contributed by atoms with Crippen molar-refractivity contribution in [3.8, 4) is 0 Å². The summed E-state index contributed by atoms with van der Waals surface area (Å²) in [6.07, 6.45) is 0.0799. The number of hydrogen-bond donors (Lipinski definition) is 2. The molecule has 0 aliphatic rings. The molecule has 0 radical (unpaired) electrons. The zero-order valence-corrected chi connectivity index (χ0v) is 3.73. The number of nitrogens with two attached hydrogens (primary N) is 1. The van der Waals surface area contributed by atoms with Crippen LogP contribution in [-0.2, 0) is 0 Å². The molecule has 0 aliphatic carbocycles. The Morgan fingerprint density at radius 1 is 2.33 bits per heavy atom. The van der Waals surface area contributed by atoms with Crippen molar-refractivity contribution in [1.29, 1.82) is 0 Å². The summed E-state index contributed by atoms with van der Waals surface area (Å²) in [5.41, 5.74) is 5.03. The van der Waals surface area contributed by atoms with E-state index in [0.29, 0.717) is 0 Å². The Morgan fingerprint density at radius 3 is 2.83 bits per heavy atom. The summed E-state index contributed by atoms with van der Waals surface area (Å²) < 4.78 is 20.3. The fraction of sp³-hybridized carbons (Fsp3) is 1.00. The van der Waals surface area contributed by atoms with E-state index in [0.717, 1.165) is 0 Å². The lowest BCUT2D eigenvalue weighted by Gasteiger charge is -1.98. The number of hydrogen-bond acceptors (Lipinski definition) is 2. The smallest absolute Gasteiger partial charge is 0.0582 e. The van der Waals surface area contributed by atoms with Crippen LogP contribution in [0.25, 0.3) is 0 Å². The van der Waals surface area contributed by atoms with E-state index in [9.17, 15) is 0 Å². The van der Waals surface area contributed by atoms with Crippen molar-refractivity contribution in [2.45, 2.75) is 19.4 Å². The van der Waals surface area contributed by atoms with E-state index >= 15 is 0 Å². The molecule has 0 bridgehead atoms. The Hall–Kier alpha value is -0.0800. The molecule has 0 saturated heterocycles. The minimum Gasteiger partial charge on any atom is -0.395 e. The van der Waals surface area contributed by atoms with Crippen LogP contribution in [0.15, 0.2) is 0 Å². The predicted octanol–water partition coefficient (Wildman–Crippen LogP) is -0.284. The van der Waals surface area contributed by atoms with E-state index < -0.39 is 12.6 Å². The van der Waals surface area contributed by atoms with E-state index in [1.54, 1.807) is 6.92 Å². The summed E-state index contributed by atoms with van der Waals surface area (Å²) in [6.45, 7) is -1.07. The zero-order valence-electron chi connectivity index (χ0n) is 6.73. The van der Waals surface area contributed by atoms with Gasteiger partial charge in [-0.1, -0.05) is 6.92 Å². The minimum atomic E-state index is -2.61. The molecule has 0 aromatic carbocycles. The second kappa shape index (κ2) is 3.12. The fourth-order valence-electron chi connectivity index (χ4n) is 0.0791. The molecule has 0 aromatic heterocycles. The summed E-state index contributed by atoms with van der Waals surface area (Å²) in [5.74, 6) is 0. The van der Waals surface area contributed by atoms with Gasteiger partial charge in [0.05, 0.1) is 9.30 Å². The molecular weight excluding hydrogens is 78.0 g/mol. The molecule has 38 valence electrons. The summed E-state index contributed by atoms with van der Waals surface area (Å²) in [5, 5.41) is 8.57. The van der Waals surface area contributed by atoms with Gasteiger partial charge in [0.1, 0.15) is 0 Å². The van der Waals surface area contributed by atoms with Gasteiger partial charge in [-0.25, -0.2) is 0 Å². The average Bonchev–Trinajstić information content (AvgIpc) is 1.64. The molecular formula is C4H11NO. The van der Waals surface area contributed by atoms with Crippen LogP contribution >= 0.6 is 0 Å². The van der Waals surface area contributed by atoms with Gasteiger partial charge in [-0.05, 0) is 6.42 Å². The van der Waals surface area contributed by atoms with Gasteiger partial charge in [0.2, 0.25) is 0 Å². The Morgan fingerprint density at radius 2 is 2.83 bits per heavy atom. The van der Waals surface area contributed by atoms with Crippen LogP contribution in [0, 0.1) is 0 Å². The molecule has 0 aliphatic heterocycles. The van der Waals surface area contributed by atoms with E-state index in [4.69, 9.17) is 15.0 Å². The van der Waals surface area contributed by atoms with Gasteiger partial charge in [-0.15, -0.1) is 0 Å². The molecule has 2 nitrogen and oxygen atoms in total. The number of aliphatic hydroxyl groups is 1. The van der Waals surface area contributed by atoms with Gasteiger partial charge in [-0.2, -0.15) is 0 Å². The summed E-state index contributed by atoms with van der Waals surface area (Å²) in [7, 11) is 0. The third kappa shape index (κ3) is 2.18. The van der Waals surface area contributed by atoms with Crippen molar-refractivity contribution in [2.24, 2.45) is 5.73 Å². The van der Waals surface area contributed by atoms with Crippen LogP contribution in [0.4, 0.5) is 0 Å². The normalized spacial score (nSPS) is 29.5. The highest BCUT2D eigenvalue weighted by Gasteiger charge is 1.90. The Labute approximate surface area is 42.2 Å². The van der Waals surface area contributed by atoms with Crippen LogP contribution < -0.4 is 5.73 Å². The van der Waals surface area contributed by atoms with Crippen LogP contribution in [0.3, 0.4) is 0 Å². The van der Waals surface area contributed by atoms with E-state index in [1.807, 2.05) is 0 Å². The van der Waals surface area contributed by atoms with Crippen molar-refractivity contribution in [1.82, 2.24) is 0 Å². The SMILES string of the molecule is [2H]C([2H])(O)[C@@]([2H])(N)CC. The van der Waals surface area contributed by atoms with Gasteiger partial charge in [0.15, 0.2) is 0 Å². The first kappa shape index (κ1) is 2.28. The Kier molecular flexibility index (Phi) is 1.19. The maximum Gasteiger partial charge on any atom is 0.0582 e. The average molecular weight is 92.2 g/mol. The van der Waals surface area contributed by atoms with Crippen LogP contribution in [0.5, 0.6) is 0 Å². The lowest BCUT2D eigenvalue weighted by atomic mass is 10.3. The fourth-order valence-corrected chi connectivity index (χ4v) is 0.0791. The molecule has 6 heavy (non-hydrogen) atoms. The molecule has 0 amide bonds. The lowest BCUT2D eigenvalue weighted by molar-refractivity contribution is 0.263. The standard InChI is InChI=1S/C4H11NO/c1-2-4(5)3-6/h4,6H,2-3,5H2,1H3/t4-/m0/s1/i3D2,4D. The lowest BCUT2D eigenvalue weighted by Crippen LogP contribution is -2.22. The van der Waals surface area contributed by atoms with Crippen molar-refractivity contribution in [3.05, 3.63) is 0 Å². The third-order valence-electron chi connectivity index (χ3n) is 0.525. The number of rotatable bonds is 2. The van der Waals surface area contributed by atoms with Gasteiger partial charge >= 0.3 is 0 Å². The first-order valence-corrected chi connectivity index (χ1v) is 1.82. The molecule has 0 heterocycles. The summed E-state index contributed by atoms with van der Waals surface area (Å²) in [6, 6.07) is -1.88. The van der Waals surface area contributed by atoms with E-state index in [1.165, 1.54) is 0 Å². The largest absolute Gasteiger partial charge is 0.395 e. The summed E-state index contributed by atoms with van der Waals surface area (Å²) in [4.78, 5) is 0. The molecule has 0 spiro atoms. The molecule has 0 saturated carbocycles. The van der Waals surface area contributed by atoms with Gasteiger partial charge in [0.25, 0.3) is 0 Å². The predicted molar refractivity (Wildman–Crippen MR) is 25.4 cm³/mol. The van der Waals surface area contributed by atoms with Crippen LogP contribution in [0.2, 0.25) is 0 Å². The molecule has 2 heteroatoms. The monoisotopic (exact) mass is 92.1 g/mol. The van der Waals surface area contributed by atoms with Gasteiger partial charge in [0, 0.05) is 7.39 Å². The molecule has 3 N–H and O–H groups in total. The molecule has 0 unspecified atom stereocenters. The topological polar surface area (TPSA) is 46.2 Å². The molecule has 0 aromatic rings. The molecule has 1 atom stereocenters. The van der Waals surface area contributed by atoms with E-state index in [-0.39, 0.29) is 6.42 Å². The first-order chi connectivity index (χ1) is 3.81. The van der Waals surface area contributed by atoms with Crippen LogP contribution in [0.1, 0.15) is 17.5 Å². The first-order valence-electron chi connectivity index (χ1n) is 3.32. The van der Waals surface area contributed by atoms with Crippen molar-refractivity contribution >= 4 is 0 Å². The maximum atomic E-state index is 8.57. The highest BCUT2D eigenvalue weighted by Crippen LogP contribution is 1.79. The Balaban J connectivity index is 4.14. The maximum absolute atomic E-state index is 8.57. The quantitative estimate of drug-likeness (QED) is 0.492. The zero-order chi connectivity index (χ0) is 7.71. The van der Waals surface area contributed by atoms with E-state index in [2.05, 4.69) is 0 Å². The van der Waals surface area contributed by atoms with Crippen molar-refractivity contribution in [3.63, 3.8) is 0 Å². The second-order valence-corrected chi connectivity index (χ2v) is 0.991.